The lowest BCUT2D eigenvalue weighted by molar-refractivity contribution is -0.160. The van der Waals surface area contributed by atoms with Crippen molar-refractivity contribution in [2.45, 2.75) is 62.8 Å². The Bertz CT molecular complexity index is 843. The second kappa shape index (κ2) is 10.2. The summed E-state index contributed by atoms with van der Waals surface area (Å²) in [4.78, 5) is 45.9. The Kier molecular flexibility index (Phi) is 7.57. The van der Waals surface area contributed by atoms with Gasteiger partial charge < -0.3 is 29.5 Å². The first kappa shape index (κ1) is 26.1. The molecular formula is C25H39N3O7. The minimum atomic E-state index is -1.20. The van der Waals surface area contributed by atoms with Crippen LogP contribution >= 0.6 is 0 Å². The van der Waals surface area contributed by atoms with Gasteiger partial charge in [0.15, 0.2) is 0 Å². The fourth-order valence-electron chi connectivity index (χ4n) is 6.82. The van der Waals surface area contributed by atoms with Gasteiger partial charge in [-0.3, -0.25) is 19.3 Å². The molecule has 4 aliphatic heterocycles. The lowest BCUT2D eigenvalue weighted by atomic mass is 9.65. The topological polar surface area (TPSA) is 120 Å². The number of carboxylic acids is 1. The van der Waals surface area contributed by atoms with Crippen LogP contribution in [0.15, 0.2) is 12.7 Å². The van der Waals surface area contributed by atoms with Crippen LogP contribution in [-0.4, -0.2) is 119 Å². The number of rotatable bonds is 11. The van der Waals surface area contributed by atoms with Crippen molar-refractivity contribution in [2.75, 3.05) is 52.5 Å². The molecule has 2 bridgehead atoms. The fraction of sp³-hybridized carbons (Fsp3) is 0.800. The van der Waals surface area contributed by atoms with E-state index in [1.165, 1.54) is 4.90 Å². The number of morpholine rings is 1. The average molecular weight is 494 g/mol. The quantitative estimate of drug-likeness (QED) is 0.396. The number of amides is 2. The zero-order chi connectivity index (χ0) is 25.4. The highest BCUT2D eigenvalue weighted by Crippen LogP contribution is 2.64. The molecule has 4 fully saturated rings. The van der Waals surface area contributed by atoms with E-state index in [-0.39, 0.29) is 12.5 Å². The van der Waals surface area contributed by atoms with Gasteiger partial charge >= 0.3 is 5.97 Å². The van der Waals surface area contributed by atoms with Gasteiger partial charge in [0.05, 0.1) is 37.4 Å². The van der Waals surface area contributed by atoms with Gasteiger partial charge in [-0.2, -0.15) is 0 Å². The predicted molar refractivity (Wildman–Crippen MR) is 127 cm³/mol. The Balaban J connectivity index is 1.70. The second-order valence-electron chi connectivity index (χ2n) is 10.2. The number of ether oxygens (including phenoxy) is 2. The van der Waals surface area contributed by atoms with E-state index in [1.54, 1.807) is 11.0 Å². The molecule has 2 N–H and O–H groups in total. The minimum absolute atomic E-state index is 0.265. The Hall–Kier alpha value is -2.01. The van der Waals surface area contributed by atoms with Crippen LogP contribution in [0.25, 0.3) is 0 Å². The minimum Gasteiger partial charge on any atom is -0.481 e. The molecule has 35 heavy (non-hydrogen) atoms. The molecule has 0 aromatic carbocycles. The fourth-order valence-corrected chi connectivity index (χ4v) is 6.82. The van der Waals surface area contributed by atoms with Gasteiger partial charge in [0.25, 0.3) is 0 Å². The molecule has 196 valence electrons. The van der Waals surface area contributed by atoms with Crippen LogP contribution in [0.2, 0.25) is 0 Å². The van der Waals surface area contributed by atoms with Crippen LogP contribution < -0.4 is 0 Å². The predicted octanol–water partition coefficient (Wildman–Crippen LogP) is 0.344. The van der Waals surface area contributed by atoms with E-state index in [0.717, 1.165) is 13.1 Å². The standard InChI is InChI=1S/C25H39N3O7/c1-4-9-27(11-10-26-12-14-34-15-13-26)22(31)20-25-8-7-24(6-3,35-25)19(23(32)33)18(25)21(30)28(20)17(5-2)16-29/h4,17-20,29H,1,5-16H2,2-3H3,(H,32,33)/t17-,18-,19+,20?,24-,25?/m0/s1. The van der Waals surface area contributed by atoms with Crippen molar-refractivity contribution < 1.29 is 34.1 Å². The number of aliphatic hydroxyl groups is 1. The summed E-state index contributed by atoms with van der Waals surface area (Å²) < 4.78 is 12.0. The summed E-state index contributed by atoms with van der Waals surface area (Å²) >= 11 is 0. The highest BCUT2D eigenvalue weighted by molar-refractivity contribution is 5.98. The number of aliphatic carboxylic acids is 1. The van der Waals surface area contributed by atoms with Gasteiger partial charge in [0.1, 0.15) is 17.6 Å². The number of carboxylic acid groups (broad SMARTS) is 1. The zero-order valence-electron chi connectivity index (χ0n) is 20.9. The molecule has 0 aliphatic carbocycles. The summed E-state index contributed by atoms with van der Waals surface area (Å²) in [5.74, 6) is -3.66. The Labute approximate surface area is 206 Å². The van der Waals surface area contributed by atoms with E-state index in [1.807, 2.05) is 13.8 Å². The van der Waals surface area contributed by atoms with Crippen molar-refractivity contribution in [3.63, 3.8) is 0 Å². The molecule has 0 radical (unpaired) electrons. The van der Waals surface area contributed by atoms with Crippen LogP contribution in [0, 0.1) is 11.8 Å². The number of hydrogen-bond donors (Lipinski definition) is 2. The van der Waals surface area contributed by atoms with E-state index in [2.05, 4.69) is 11.5 Å². The number of carbonyl (C=O) groups excluding carboxylic acids is 2. The van der Waals surface area contributed by atoms with Crippen molar-refractivity contribution in [1.82, 2.24) is 14.7 Å². The second-order valence-corrected chi connectivity index (χ2v) is 10.2. The molecule has 4 saturated heterocycles. The average Bonchev–Trinajstić information content (AvgIpc) is 3.47. The number of fused-ring (bicyclic) bond motifs is 1. The number of nitrogens with zero attached hydrogens (tertiary/aromatic N) is 3. The molecule has 2 unspecified atom stereocenters. The summed E-state index contributed by atoms with van der Waals surface area (Å²) in [6.45, 7) is 11.6. The van der Waals surface area contributed by atoms with Crippen molar-refractivity contribution in [3.05, 3.63) is 12.7 Å². The highest BCUT2D eigenvalue weighted by atomic mass is 16.5. The van der Waals surface area contributed by atoms with E-state index in [4.69, 9.17) is 9.47 Å². The molecule has 4 aliphatic rings. The molecule has 6 atom stereocenters. The molecule has 0 saturated carbocycles. The molecule has 0 aromatic heterocycles. The Morgan fingerprint density at radius 2 is 2.00 bits per heavy atom. The largest absolute Gasteiger partial charge is 0.481 e. The summed E-state index contributed by atoms with van der Waals surface area (Å²) in [6.07, 6.45) is 3.51. The summed E-state index contributed by atoms with van der Waals surface area (Å²) in [5, 5.41) is 20.3. The van der Waals surface area contributed by atoms with E-state index < -0.39 is 47.0 Å². The van der Waals surface area contributed by atoms with Gasteiger partial charge in [-0.1, -0.05) is 19.9 Å². The van der Waals surface area contributed by atoms with Crippen molar-refractivity contribution >= 4 is 17.8 Å². The monoisotopic (exact) mass is 493 g/mol. The van der Waals surface area contributed by atoms with E-state index >= 15 is 0 Å². The van der Waals surface area contributed by atoms with Crippen LogP contribution in [0.4, 0.5) is 0 Å². The van der Waals surface area contributed by atoms with Crippen LogP contribution in [-0.2, 0) is 23.9 Å². The summed E-state index contributed by atoms with van der Waals surface area (Å²) in [7, 11) is 0. The Morgan fingerprint density at radius 1 is 1.29 bits per heavy atom. The number of carbonyl (C=O) groups is 3. The molecule has 10 heteroatoms. The Morgan fingerprint density at radius 3 is 2.57 bits per heavy atom. The molecule has 10 nitrogen and oxygen atoms in total. The van der Waals surface area contributed by atoms with Crippen molar-refractivity contribution in [2.24, 2.45) is 11.8 Å². The lowest BCUT2D eigenvalue weighted by Gasteiger charge is -2.40. The number of likely N-dealkylation sites (tertiary alicyclic amines) is 1. The maximum absolute atomic E-state index is 14.2. The van der Waals surface area contributed by atoms with E-state index in [0.29, 0.717) is 58.5 Å². The molecule has 2 amide bonds. The van der Waals surface area contributed by atoms with Gasteiger partial charge in [-0.25, -0.2) is 0 Å². The first-order valence-corrected chi connectivity index (χ1v) is 12.9. The maximum atomic E-state index is 14.2. The van der Waals surface area contributed by atoms with Crippen LogP contribution in [0.5, 0.6) is 0 Å². The lowest BCUT2D eigenvalue weighted by Crippen LogP contribution is -2.59. The third-order valence-electron chi connectivity index (χ3n) is 8.65. The smallest absolute Gasteiger partial charge is 0.310 e. The SMILES string of the molecule is C=CCN(CCN1CCOCC1)C(=O)C1N([C@@H](CC)CO)C(=O)[C@@H]2[C@H](C(=O)O)[C@]3(CC)CCC12O3. The highest BCUT2D eigenvalue weighted by Gasteiger charge is 2.79. The summed E-state index contributed by atoms with van der Waals surface area (Å²) in [6, 6.07) is -1.56. The van der Waals surface area contributed by atoms with Crippen LogP contribution in [0.3, 0.4) is 0 Å². The van der Waals surface area contributed by atoms with Gasteiger partial charge in [-0.05, 0) is 25.7 Å². The maximum Gasteiger partial charge on any atom is 0.310 e. The third-order valence-corrected chi connectivity index (χ3v) is 8.65. The van der Waals surface area contributed by atoms with Gasteiger partial charge in [-0.15, -0.1) is 6.58 Å². The molecule has 4 heterocycles. The van der Waals surface area contributed by atoms with Crippen molar-refractivity contribution in [3.8, 4) is 0 Å². The molecule has 4 rings (SSSR count). The van der Waals surface area contributed by atoms with E-state index in [9.17, 15) is 24.6 Å². The first-order valence-electron chi connectivity index (χ1n) is 12.9. The van der Waals surface area contributed by atoms with Gasteiger partial charge in [0, 0.05) is 32.7 Å². The number of hydrogen-bond acceptors (Lipinski definition) is 7. The third kappa shape index (κ3) is 4.08. The van der Waals surface area contributed by atoms with Crippen LogP contribution in [0.1, 0.15) is 39.5 Å². The number of aliphatic hydroxyl groups excluding tert-OH is 1. The van der Waals surface area contributed by atoms with Crippen molar-refractivity contribution in [1.29, 1.82) is 0 Å². The van der Waals surface area contributed by atoms with Gasteiger partial charge in [0.2, 0.25) is 11.8 Å². The summed E-state index contributed by atoms with van der Waals surface area (Å²) in [5.41, 5.74) is -2.15. The molecular weight excluding hydrogens is 454 g/mol. The molecule has 1 spiro atoms. The molecule has 0 aromatic rings. The normalized spacial score (nSPS) is 35.2. The zero-order valence-corrected chi connectivity index (χ0v) is 20.9. The first-order chi connectivity index (χ1) is 16.8.